The van der Waals surface area contributed by atoms with E-state index in [1.165, 1.54) is 96.0 Å². The van der Waals surface area contributed by atoms with E-state index in [1.807, 2.05) is 0 Å². The van der Waals surface area contributed by atoms with Gasteiger partial charge in [-0.3, -0.25) is 38.4 Å². The van der Waals surface area contributed by atoms with E-state index in [2.05, 4.69) is 26.6 Å². The molecular formula is C65H59BCl3F10N8O9. The van der Waals surface area contributed by atoms with Crippen LogP contribution in [0.15, 0.2) is 134 Å². The molecule has 0 saturated carbocycles. The molecule has 0 unspecified atom stereocenters. The minimum absolute atomic E-state index is 0. The van der Waals surface area contributed by atoms with E-state index in [4.69, 9.17) is 28.3 Å². The highest BCUT2D eigenvalue weighted by Gasteiger charge is 2.41. The number of likely N-dealkylation sites (tertiary alicyclic amines) is 1. The van der Waals surface area contributed by atoms with Gasteiger partial charge in [0.1, 0.15) is 44.3 Å². The summed E-state index contributed by atoms with van der Waals surface area (Å²) in [5, 5.41) is 22.2. The van der Waals surface area contributed by atoms with Crippen molar-refractivity contribution < 1.29 is 87.4 Å². The Bertz CT molecular complexity index is 4230. The lowest BCUT2D eigenvalue weighted by Crippen LogP contribution is -2.44. The summed E-state index contributed by atoms with van der Waals surface area (Å²) in [5.74, 6) is -7.61. The summed E-state index contributed by atoms with van der Waals surface area (Å²) in [4.78, 5) is 97.9. The normalized spacial score (nSPS) is 15.7. The van der Waals surface area contributed by atoms with Gasteiger partial charge < -0.3 is 45.7 Å². The molecule has 31 heteroatoms. The Morgan fingerprint density at radius 1 is 0.573 bits per heavy atom. The maximum Gasteiger partial charge on any atom is 0.397 e. The summed E-state index contributed by atoms with van der Waals surface area (Å²) < 4.78 is 135. The number of halogens is 13. The number of rotatable bonds is 16. The van der Waals surface area contributed by atoms with Crippen LogP contribution in [0.25, 0.3) is 44.1 Å². The van der Waals surface area contributed by atoms with Crippen LogP contribution in [-0.4, -0.2) is 124 Å². The highest BCUT2D eigenvalue weighted by Crippen LogP contribution is 2.36. The highest BCUT2D eigenvalue weighted by atomic mass is 35.5. The number of amides is 5. The van der Waals surface area contributed by atoms with Crippen molar-refractivity contribution in [2.75, 3.05) is 34.4 Å². The quantitative estimate of drug-likeness (QED) is 0.0304. The van der Waals surface area contributed by atoms with E-state index in [-0.39, 0.29) is 105 Å². The van der Waals surface area contributed by atoms with Gasteiger partial charge in [0.15, 0.2) is 23.2 Å². The number of fused-ring (bicyclic) bond motifs is 2. The molecule has 6 N–H and O–H groups in total. The van der Waals surface area contributed by atoms with Gasteiger partial charge in [0.25, 0.3) is 0 Å². The van der Waals surface area contributed by atoms with Crippen molar-refractivity contribution in [3.63, 3.8) is 0 Å². The molecule has 2 aliphatic rings. The van der Waals surface area contributed by atoms with Gasteiger partial charge >= 0.3 is 18.3 Å². The third-order valence-electron chi connectivity index (χ3n) is 14.5. The maximum absolute atomic E-state index is 15.5. The molecular weight excluding hydrogens is 1340 g/mol. The second-order valence-electron chi connectivity index (χ2n) is 21.5. The summed E-state index contributed by atoms with van der Waals surface area (Å²) in [7, 11) is 0. The summed E-state index contributed by atoms with van der Waals surface area (Å²) >= 11 is 12.3. The highest BCUT2D eigenvalue weighted by molar-refractivity contribution is 6.33. The number of ketones is 2. The van der Waals surface area contributed by atoms with E-state index in [1.54, 1.807) is 60.7 Å². The number of carbonyl (C=O) groups excluding carboxylic acids is 7. The minimum atomic E-state index is -4.71. The zero-order valence-corrected chi connectivity index (χ0v) is 52.1. The van der Waals surface area contributed by atoms with Crippen LogP contribution in [0, 0.1) is 11.6 Å². The number of hydrogen-bond donors (Lipinski definition) is 6. The Kier molecular flexibility index (Phi) is 26.6. The third kappa shape index (κ3) is 19.7. The Morgan fingerprint density at radius 3 is 1.41 bits per heavy atom. The first-order chi connectivity index (χ1) is 43.8. The van der Waals surface area contributed by atoms with Crippen molar-refractivity contribution >= 4 is 136 Å². The number of Topliss-reactive ketones (excluding diaryl/α,β-unsaturated/α-hetero) is 2. The molecule has 2 aromatic heterocycles. The molecule has 0 spiro atoms. The summed E-state index contributed by atoms with van der Waals surface area (Å²) in [6.07, 6.45) is -12.7. The molecule has 0 bridgehead atoms. The lowest BCUT2D eigenvalue weighted by molar-refractivity contribution is -0.151. The third-order valence-corrected chi connectivity index (χ3v) is 15.2. The number of carbonyl (C=O) groups is 8. The van der Waals surface area contributed by atoms with E-state index in [9.17, 15) is 77.9 Å². The molecule has 3 radical (unpaired) electrons. The number of hydrogen-bond acceptors (Lipinski definition) is 9. The second kappa shape index (κ2) is 32.9. The van der Waals surface area contributed by atoms with Gasteiger partial charge in [-0.1, -0.05) is 91.3 Å². The molecule has 2 aliphatic heterocycles. The first kappa shape index (κ1) is 77.5. The van der Waals surface area contributed by atoms with Crippen molar-refractivity contribution in [1.29, 1.82) is 0 Å². The average molecular weight is 1400 g/mol. The van der Waals surface area contributed by atoms with Gasteiger partial charge in [-0.15, -0.1) is 12.4 Å². The molecule has 96 heavy (non-hydrogen) atoms. The van der Waals surface area contributed by atoms with Gasteiger partial charge in [-0.25, -0.2) is 17.6 Å². The van der Waals surface area contributed by atoms with Crippen molar-refractivity contribution in [1.82, 2.24) is 19.4 Å². The van der Waals surface area contributed by atoms with Crippen LogP contribution >= 0.6 is 35.6 Å². The molecule has 5 amide bonds. The van der Waals surface area contributed by atoms with Crippen LogP contribution in [0.3, 0.4) is 0 Å². The number of nitrogens with one attached hydrogen (secondary N) is 5. The summed E-state index contributed by atoms with van der Waals surface area (Å²) in [6, 6.07) is 28.8. The number of carboxylic acids is 1. The molecule has 0 aliphatic carbocycles. The molecule has 2 fully saturated rings. The lowest BCUT2D eigenvalue weighted by Gasteiger charge is -2.24. The average Bonchev–Trinajstić information content (AvgIpc) is 1.57. The zero-order chi connectivity index (χ0) is 67.8. The Balaban J connectivity index is 0.000000282. The number of alkyl halides is 8. The van der Waals surface area contributed by atoms with E-state index >= 15 is 4.39 Å². The van der Waals surface area contributed by atoms with E-state index in [0.29, 0.717) is 43.2 Å². The molecule has 507 valence electrons. The Labute approximate surface area is 559 Å². The van der Waals surface area contributed by atoms with Crippen LogP contribution in [0.1, 0.15) is 67.7 Å². The fraction of sp³-hybridized carbons (Fsp3) is 0.262. The zero-order valence-electron chi connectivity index (χ0n) is 49.7. The molecule has 8 aromatic rings. The topological polar surface area (TPSA) is 230 Å². The van der Waals surface area contributed by atoms with Gasteiger partial charge in [0, 0.05) is 117 Å². The summed E-state index contributed by atoms with van der Waals surface area (Å²) in [5.41, 5.74) is 2.47. The summed E-state index contributed by atoms with van der Waals surface area (Å²) in [6.45, 7) is 1.49. The van der Waals surface area contributed by atoms with Crippen LogP contribution in [0.5, 0.6) is 0 Å². The number of aliphatic carboxylic acids is 1. The first-order valence-electron chi connectivity index (χ1n) is 28.1. The molecule has 10 rings (SSSR count). The fourth-order valence-corrected chi connectivity index (χ4v) is 10.9. The van der Waals surface area contributed by atoms with Crippen molar-refractivity contribution in [2.24, 2.45) is 0 Å². The van der Waals surface area contributed by atoms with E-state index in [0.717, 1.165) is 4.90 Å². The molecule has 6 aromatic carbocycles. The second-order valence-corrected chi connectivity index (χ2v) is 22.3. The van der Waals surface area contributed by atoms with Gasteiger partial charge in [-0.05, 0) is 74.5 Å². The monoisotopic (exact) mass is 1400 g/mol. The number of carboxylic acid groups (broad SMARTS) is 1. The van der Waals surface area contributed by atoms with Crippen molar-refractivity contribution in [3.05, 3.63) is 167 Å². The molecule has 4 atom stereocenters. The maximum atomic E-state index is 15.5. The molecule has 4 heterocycles. The van der Waals surface area contributed by atoms with Crippen LogP contribution in [0.4, 0.5) is 66.7 Å². The largest absolute Gasteiger partial charge is 0.480 e. The number of benzene rings is 6. The number of aromatic nitrogens is 2. The van der Waals surface area contributed by atoms with Crippen LogP contribution < -0.4 is 26.6 Å². The minimum Gasteiger partial charge on any atom is -0.480 e. The molecule has 2 saturated heterocycles. The number of anilines is 4. The Morgan fingerprint density at radius 2 is 1.00 bits per heavy atom. The predicted molar refractivity (Wildman–Crippen MR) is 347 cm³/mol. The van der Waals surface area contributed by atoms with Crippen molar-refractivity contribution in [3.8, 4) is 22.3 Å². The SMILES string of the molecule is C.CC(=O)c1cn(CC(=O)N2C[C@H](F)C[C@H]2C(=O)Nc2cccc(-c3ccccc3Cl)c2F)c2ccc(NC(=O)CC(F)(F)F)cc12.CC(=O)c1cn(CC(=O)O)c2ccc(NC(=O)CC(F)(F)F)cc12.Cl.O=C(Nc1cccc(-c2ccccc2Cl)c1F)[C@@H]1C[C@@H](F)CN1.[B]. The first-order valence-corrected chi connectivity index (χ1v) is 28.8. The predicted octanol–water partition coefficient (Wildman–Crippen LogP) is 14.1. The smallest absolute Gasteiger partial charge is 0.397 e. The van der Waals surface area contributed by atoms with Crippen molar-refractivity contribution in [2.45, 2.75) is 96.8 Å². The Hall–Kier alpha value is -9.25. The van der Waals surface area contributed by atoms with Gasteiger partial charge in [-0.2, -0.15) is 26.3 Å². The standard InChI is InChI=1S/C32H26ClF5N4O4.C17H15ClF2N2O.C15H13F3N2O4.CH4.B.ClH/c1-17(43)23-15-41(26-10-9-19(12-22(23)26)39-28(44)13-32(36,37)38)16-29(45)42-14-18(34)11-27(42)31(46)40-25-8-4-6-21(30(25)35)20-5-2-3-7-24(20)33;18-13-6-2-1-4-11(13)12-5-3-7-14(16(12)20)22-17(23)15-8-10(19)9-21-15;1-8(21)11-6-20(7-14(23)24)12-3-2-9(4-10(11)12)19-13(22)5-15(16,17)18;;;/h2-10,12,15,18,27H,11,13-14,16H2,1H3,(H,39,44)(H,40,46);1-7,10,15,21H,8-9H2,(H,22,23);2-4,6H,5,7H2,1H3,(H,19,22)(H,23,24);1H4;;1H/t18-,27+;10-,15+;;;;/m11..../s1. The lowest BCUT2D eigenvalue weighted by atomic mass is 10.0. The van der Waals surface area contributed by atoms with Gasteiger partial charge in [0.2, 0.25) is 29.5 Å². The molecule has 17 nitrogen and oxygen atoms in total. The fourth-order valence-electron chi connectivity index (χ4n) is 10.4. The van der Waals surface area contributed by atoms with Gasteiger partial charge in [0.05, 0.1) is 24.0 Å². The van der Waals surface area contributed by atoms with E-state index < -0.39 is 116 Å². The number of nitrogens with zero attached hydrogens (tertiary/aromatic N) is 3. The van der Waals surface area contributed by atoms with Crippen LogP contribution in [-0.2, 0) is 41.9 Å². The van der Waals surface area contributed by atoms with Crippen LogP contribution in [0.2, 0.25) is 10.0 Å².